The molecule has 2 atom stereocenters. The van der Waals surface area contributed by atoms with Gasteiger partial charge in [0, 0.05) is 17.9 Å². The highest BCUT2D eigenvalue weighted by Crippen LogP contribution is 2.27. The molecule has 0 amide bonds. The maximum Gasteiger partial charge on any atom is 0.269 e. The Balaban J connectivity index is 3.14. The smallest absolute Gasteiger partial charge is 0.269 e. The first kappa shape index (κ1) is 15.6. The molecule has 0 saturated carbocycles. The Bertz CT molecular complexity index is 555. The van der Waals surface area contributed by atoms with Crippen molar-refractivity contribution in [3.63, 3.8) is 0 Å². The predicted molar refractivity (Wildman–Crippen MR) is 71.6 cm³/mol. The Morgan fingerprint density at radius 2 is 2.00 bits per heavy atom. The summed E-state index contributed by atoms with van der Waals surface area (Å²) >= 11 is 0. The fraction of sp³-hybridized carbons (Fsp3) is 0.500. The van der Waals surface area contributed by atoms with E-state index in [2.05, 4.69) is 0 Å². The van der Waals surface area contributed by atoms with Crippen molar-refractivity contribution in [3.8, 4) is 0 Å². The molecule has 0 aliphatic heterocycles. The lowest BCUT2D eigenvalue weighted by Crippen LogP contribution is -2.29. The number of nitrogens with zero attached hydrogens (tertiary/aromatic N) is 1. The van der Waals surface area contributed by atoms with Crippen LogP contribution < -0.4 is 0 Å². The maximum absolute atomic E-state index is 11.9. The minimum Gasteiger partial charge on any atom is -0.387 e. The van der Waals surface area contributed by atoms with E-state index in [0.717, 1.165) is 0 Å². The lowest BCUT2D eigenvalue weighted by atomic mass is 10.0. The van der Waals surface area contributed by atoms with Crippen LogP contribution in [0.5, 0.6) is 0 Å². The lowest BCUT2D eigenvalue weighted by molar-refractivity contribution is -0.385. The fourth-order valence-corrected chi connectivity index (χ4v) is 3.41. The third-order valence-electron chi connectivity index (χ3n) is 3.04. The third-order valence-corrected chi connectivity index (χ3v) is 5.36. The van der Waals surface area contributed by atoms with Gasteiger partial charge < -0.3 is 5.11 Å². The van der Waals surface area contributed by atoms with E-state index in [1.807, 2.05) is 0 Å². The van der Waals surface area contributed by atoms with Crippen molar-refractivity contribution in [1.82, 2.24) is 0 Å². The van der Waals surface area contributed by atoms with Crippen molar-refractivity contribution in [3.05, 3.63) is 39.9 Å². The van der Waals surface area contributed by atoms with Crippen LogP contribution in [-0.4, -0.2) is 29.5 Å². The molecule has 0 fully saturated rings. The average molecular weight is 287 g/mol. The molecule has 19 heavy (non-hydrogen) atoms. The molecule has 0 aliphatic rings. The van der Waals surface area contributed by atoms with Crippen LogP contribution in [0.1, 0.15) is 31.9 Å². The van der Waals surface area contributed by atoms with Gasteiger partial charge in [-0.25, -0.2) is 8.42 Å². The highest BCUT2D eigenvalue weighted by atomic mass is 32.2. The molecule has 7 heteroatoms. The molecule has 0 spiro atoms. The summed E-state index contributed by atoms with van der Waals surface area (Å²) in [5, 5.41) is 19.9. The van der Waals surface area contributed by atoms with Crippen LogP contribution in [0.2, 0.25) is 0 Å². The summed E-state index contributed by atoms with van der Waals surface area (Å²) in [4.78, 5) is 10.1. The van der Waals surface area contributed by atoms with E-state index >= 15 is 0 Å². The monoisotopic (exact) mass is 287 g/mol. The van der Waals surface area contributed by atoms with Crippen molar-refractivity contribution in [2.45, 2.75) is 31.6 Å². The first-order valence-electron chi connectivity index (χ1n) is 5.97. The Morgan fingerprint density at radius 1 is 1.37 bits per heavy atom. The van der Waals surface area contributed by atoms with Gasteiger partial charge in [0.05, 0.1) is 16.3 Å². The number of aliphatic hydroxyl groups excluding tert-OH is 1. The molecular formula is C12H17NO5S. The van der Waals surface area contributed by atoms with Crippen molar-refractivity contribution in [2.24, 2.45) is 0 Å². The molecule has 0 aliphatic carbocycles. The zero-order chi connectivity index (χ0) is 14.6. The van der Waals surface area contributed by atoms with Crippen LogP contribution in [-0.2, 0) is 9.84 Å². The Hall–Kier alpha value is -1.47. The molecule has 0 heterocycles. The zero-order valence-electron chi connectivity index (χ0n) is 10.8. The van der Waals surface area contributed by atoms with Gasteiger partial charge in [-0.2, -0.15) is 0 Å². The van der Waals surface area contributed by atoms with Gasteiger partial charge in [-0.05, 0) is 12.0 Å². The van der Waals surface area contributed by atoms with Gasteiger partial charge in [0.1, 0.15) is 0 Å². The Morgan fingerprint density at radius 3 is 2.47 bits per heavy atom. The first-order chi connectivity index (χ1) is 8.83. The summed E-state index contributed by atoms with van der Waals surface area (Å²) in [7, 11) is -3.41. The second-order valence-electron chi connectivity index (χ2n) is 4.20. The Kier molecular flexibility index (Phi) is 5.02. The van der Waals surface area contributed by atoms with E-state index in [-0.39, 0.29) is 23.4 Å². The van der Waals surface area contributed by atoms with E-state index in [4.69, 9.17) is 0 Å². The number of nitro benzene ring substituents is 1. The third kappa shape index (κ3) is 3.51. The van der Waals surface area contributed by atoms with E-state index in [0.29, 0.717) is 0 Å². The van der Waals surface area contributed by atoms with Crippen LogP contribution in [0.3, 0.4) is 0 Å². The van der Waals surface area contributed by atoms with Gasteiger partial charge in [-0.15, -0.1) is 0 Å². The normalized spacial score (nSPS) is 14.9. The minimum atomic E-state index is -3.41. The molecule has 1 aromatic carbocycles. The standard InChI is InChI=1S/C12H17NO5S/c1-3-11(19(17,18)4-2)12(14)9-6-5-7-10(8-9)13(15)16/h5-8,11-12,14H,3-4H2,1-2H3/t11-,12+/m1/s1. The van der Waals surface area contributed by atoms with Crippen LogP contribution in [0.25, 0.3) is 0 Å². The van der Waals surface area contributed by atoms with E-state index in [1.165, 1.54) is 31.2 Å². The second-order valence-corrected chi connectivity index (χ2v) is 6.70. The number of sulfone groups is 1. The van der Waals surface area contributed by atoms with Gasteiger partial charge >= 0.3 is 0 Å². The predicted octanol–water partition coefficient (Wildman–Crippen LogP) is 1.84. The molecule has 6 nitrogen and oxygen atoms in total. The molecule has 1 rings (SSSR count). The second kappa shape index (κ2) is 6.12. The molecule has 0 unspecified atom stereocenters. The maximum atomic E-state index is 11.9. The first-order valence-corrected chi connectivity index (χ1v) is 7.69. The van der Waals surface area contributed by atoms with Gasteiger partial charge in [-0.3, -0.25) is 10.1 Å². The minimum absolute atomic E-state index is 0.0719. The quantitative estimate of drug-likeness (QED) is 0.636. The number of rotatable bonds is 6. The summed E-state index contributed by atoms with van der Waals surface area (Å²) in [6.07, 6.45) is -1.00. The highest BCUT2D eigenvalue weighted by Gasteiger charge is 2.31. The summed E-state index contributed by atoms with van der Waals surface area (Å²) in [6.45, 7) is 3.18. The molecule has 0 radical (unpaired) electrons. The molecule has 0 aromatic heterocycles. The summed E-state index contributed by atoms with van der Waals surface area (Å²) < 4.78 is 23.7. The number of hydrogen-bond donors (Lipinski definition) is 1. The summed E-state index contributed by atoms with van der Waals surface area (Å²) in [5.74, 6) is -0.0719. The molecule has 1 aromatic rings. The van der Waals surface area contributed by atoms with Gasteiger partial charge in [0.15, 0.2) is 9.84 Å². The zero-order valence-corrected chi connectivity index (χ0v) is 11.6. The van der Waals surface area contributed by atoms with Crippen molar-refractivity contribution < 1.29 is 18.4 Å². The number of benzene rings is 1. The van der Waals surface area contributed by atoms with Crippen molar-refractivity contribution >= 4 is 15.5 Å². The Labute approximate surface area is 112 Å². The van der Waals surface area contributed by atoms with Crippen LogP contribution in [0, 0.1) is 10.1 Å². The summed E-state index contributed by atoms with van der Waals surface area (Å²) in [6, 6.07) is 5.43. The van der Waals surface area contributed by atoms with Gasteiger partial charge in [0.25, 0.3) is 5.69 Å². The van der Waals surface area contributed by atoms with Crippen LogP contribution in [0.15, 0.2) is 24.3 Å². The fourth-order valence-electron chi connectivity index (χ4n) is 1.92. The molecule has 0 saturated heterocycles. The number of aliphatic hydroxyl groups is 1. The van der Waals surface area contributed by atoms with Crippen LogP contribution in [0.4, 0.5) is 5.69 Å². The van der Waals surface area contributed by atoms with Crippen molar-refractivity contribution in [1.29, 1.82) is 0 Å². The van der Waals surface area contributed by atoms with E-state index in [9.17, 15) is 23.6 Å². The molecular weight excluding hydrogens is 270 g/mol. The van der Waals surface area contributed by atoms with E-state index in [1.54, 1.807) is 6.92 Å². The molecule has 1 N–H and O–H groups in total. The van der Waals surface area contributed by atoms with Gasteiger partial charge in [-0.1, -0.05) is 26.0 Å². The summed E-state index contributed by atoms with van der Waals surface area (Å²) in [5.41, 5.74) is 0.0818. The molecule has 106 valence electrons. The SMILES string of the molecule is CC[C@H]([C@@H](O)c1cccc([N+](=O)[O-])c1)S(=O)(=O)CC. The highest BCUT2D eigenvalue weighted by molar-refractivity contribution is 7.92. The van der Waals surface area contributed by atoms with E-state index < -0.39 is 26.1 Å². The number of nitro groups is 1. The van der Waals surface area contributed by atoms with Crippen molar-refractivity contribution in [2.75, 3.05) is 5.75 Å². The number of hydrogen-bond acceptors (Lipinski definition) is 5. The lowest BCUT2D eigenvalue weighted by Gasteiger charge is -2.21. The number of non-ortho nitro benzene ring substituents is 1. The molecule has 0 bridgehead atoms. The topological polar surface area (TPSA) is 97.5 Å². The average Bonchev–Trinajstić information content (AvgIpc) is 2.39. The van der Waals surface area contributed by atoms with Gasteiger partial charge in [0.2, 0.25) is 0 Å². The van der Waals surface area contributed by atoms with Crippen LogP contribution >= 0.6 is 0 Å². The largest absolute Gasteiger partial charge is 0.387 e.